The van der Waals surface area contributed by atoms with E-state index in [2.05, 4.69) is 0 Å². The summed E-state index contributed by atoms with van der Waals surface area (Å²) in [5.74, 6) is -2.06. The van der Waals surface area contributed by atoms with E-state index in [1.807, 2.05) is 0 Å². The van der Waals surface area contributed by atoms with E-state index in [1.54, 1.807) is 18.2 Å². The lowest BCUT2D eigenvalue weighted by atomic mass is 10.1. The minimum Gasteiger partial charge on any atom is -0.481 e. The van der Waals surface area contributed by atoms with Crippen LogP contribution < -0.4 is 0 Å². The average molecular weight is 354 g/mol. The number of nitrogens with zero attached hydrogens (tertiary/aromatic N) is 2. The van der Waals surface area contributed by atoms with Gasteiger partial charge in [0, 0.05) is 20.1 Å². The molecule has 0 aliphatic carbocycles. The van der Waals surface area contributed by atoms with Crippen molar-refractivity contribution < 1.29 is 23.1 Å². The molecular weight excluding hydrogens is 332 g/mol. The highest BCUT2D eigenvalue weighted by atomic mass is 32.2. The highest BCUT2D eigenvalue weighted by molar-refractivity contribution is 7.89. The van der Waals surface area contributed by atoms with Crippen molar-refractivity contribution in [2.45, 2.75) is 30.7 Å². The van der Waals surface area contributed by atoms with E-state index in [0.29, 0.717) is 12.8 Å². The number of amides is 1. The normalized spacial score (nSPS) is 19.8. The fraction of sp³-hybridized carbons (Fsp3) is 0.500. The van der Waals surface area contributed by atoms with Crippen LogP contribution >= 0.6 is 0 Å². The first-order valence-corrected chi connectivity index (χ1v) is 9.24. The zero-order chi connectivity index (χ0) is 17.9. The molecule has 2 rings (SSSR count). The minimum atomic E-state index is -3.74. The summed E-state index contributed by atoms with van der Waals surface area (Å²) < 4.78 is 26.8. The number of likely N-dealkylation sites (N-methyl/N-ethyl adjacent to an activating group) is 1. The summed E-state index contributed by atoms with van der Waals surface area (Å²) >= 11 is 0. The molecule has 1 saturated heterocycles. The first-order valence-electron chi connectivity index (χ1n) is 7.80. The van der Waals surface area contributed by atoms with E-state index in [-0.39, 0.29) is 23.9 Å². The van der Waals surface area contributed by atoms with Gasteiger partial charge >= 0.3 is 5.97 Å². The Morgan fingerprint density at radius 2 is 1.96 bits per heavy atom. The van der Waals surface area contributed by atoms with Gasteiger partial charge in [0.05, 0.1) is 10.8 Å². The molecule has 0 saturated carbocycles. The number of carboxylic acid groups (broad SMARTS) is 1. The molecule has 1 aliphatic heterocycles. The molecule has 1 amide bonds. The summed E-state index contributed by atoms with van der Waals surface area (Å²) in [7, 11) is -2.23. The predicted molar refractivity (Wildman–Crippen MR) is 87.8 cm³/mol. The van der Waals surface area contributed by atoms with E-state index in [1.165, 1.54) is 35.3 Å². The van der Waals surface area contributed by atoms with Crippen LogP contribution in [0.3, 0.4) is 0 Å². The molecule has 24 heavy (non-hydrogen) atoms. The number of hydrogen-bond donors (Lipinski definition) is 1. The van der Waals surface area contributed by atoms with Crippen LogP contribution in [0.2, 0.25) is 0 Å². The topological polar surface area (TPSA) is 95.0 Å². The molecule has 8 heteroatoms. The van der Waals surface area contributed by atoms with Crippen LogP contribution in [-0.4, -0.2) is 60.8 Å². The number of sulfonamides is 1. The Morgan fingerprint density at radius 1 is 1.33 bits per heavy atom. The number of hydrogen-bond acceptors (Lipinski definition) is 4. The highest BCUT2D eigenvalue weighted by Crippen LogP contribution is 2.27. The SMILES string of the molecule is CC(CN(C)C(=O)C1CCCN1S(=O)(=O)c1ccccc1)C(=O)O. The van der Waals surface area contributed by atoms with Gasteiger partial charge in [0.2, 0.25) is 15.9 Å². The lowest BCUT2D eigenvalue weighted by Crippen LogP contribution is -2.47. The maximum atomic E-state index is 12.8. The summed E-state index contributed by atoms with van der Waals surface area (Å²) in [5.41, 5.74) is 0. The van der Waals surface area contributed by atoms with Crippen molar-refractivity contribution in [1.82, 2.24) is 9.21 Å². The van der Waals surface area contributed by atoms with Crippen LogP contribution in [0.1, 0.15) is 19.8 Å². The van der Waals surface area contributed by atoms with Crippen molar-refractivity contribution in [3.05, 3.63) is 30.3 Å². The van der Waals surface area contributed by atoms with Crippen LogP contribution in [0.4, 0.5) is 0 Å². The fourth-order valence-corrected chi connectivity index (χ4v) is 4.51. The molecule has 1 aromatic carbocycles. The van der Waals surface area contributed by atoms with Crippen LogP contribution in [0.15, 0.2) is 35.2 Å². The molecule has 1 heterocycles. The zero-order valence-corrected chi connectivity index (χ0v) is 14.6. The maximum Gasteiger partial charge on any atom is 0.308 e. The van der Waals surface area contributed by atoms with Gasteiger partial charge in [-0.25, -0.2) is 8.42 Å². The second-order valence-electron chi connectivity index (χ2n) is 6.04. The first-order chi connectivity index (χ1) is 11.2. The van der Waals surface area contributed by atoms with E-state index in [4.69, 9.17) is 5.11 Å². The quantitative estimate of drug-likeness (QED) is 0.823. The Bertz CT molecular complexity index is 704. The zero-order valence-electron chi connectivity index (χ0n) is 13.8. The molecule has 0 spiro atoms. The average Bonchev–Trinajstić information content (AvgIpc) is 3.05. The van der Waals surface area contributed by atoms with Crippen LogP contribution in [0.25, 0.3) is 0 Å². The molecule has 7 nitrogen and oxygen atoms in total. The monoisotopic (exact) mass is 354 g/mol. The van der Waals surface area contributed by atoms with Gasteiger partial charge in [-0.2, -0.15) is 4.31 Å². The molecule has 0 aromatic heterocycles. The summed E-state index contributed by atoms with van der Waals surface area (Å²) in [4.78, 5) is 25.0. The number of carbonyl (C=O) groups excluding carboxylic acids is 1. The van der Waals surface area contributed by atoms with Gasteiger partial charge in [0.1, 0.15) is 6.04 Å². The Morgan fingerprint density at radius 3 is 2.54 bits per heavy atom. The molecular formula is C16H22N2O5S. The van der Waals surface area contributed by atoms with Gasteiger partial charge in [-0.1, -0.05) is 25.1 Å². The molecule has 2 unspecified atom stereocenters. The van der Waals surface area contributed by atoms with Crippen molar-refractivity contribution in [2.24, 2.45) is 5.92 Å². The molecule has 132 valence electrons. The highest BCUT2D eigenvalue weighted by Gasteiger charge is 2.40. The lowest BCUT2D eigenvalue weighted by Gasteiger charge is -2.28. The molecule has 1 fully saturated rings. The van der Waals surface area contributed by atoms with Gasteiger partial charge in [0.15, 0.2) is 0 Å². The number of benzene rings is 1. The summed E-state index contributed by atoms with van der Waals surface area (Å²) in [6.45, 7) is 1.85. The minimum absolute atomic E-state index is 0.0455. The molecule has 0 bridgehead atoms. The fourth-order valence-electron chi connectivity index (χ4n) is 2.84. The molecule has 1 N–H and O–H groups in total. The van der Waals surface area contributed by atoms with Crippen LogP contribution in [-0.2, 0) is 19.6 Å². The molecule has 0 radical (unpaired) electrons. The Balaban J connectivity index is 2.18. The van der Waals surface area contributed by atoms with E-state index in [9.17, 15) is 18.0 Å². The second kappa shape index (κ2) is 7.31. The number of carbonyl (C=O) groups is 2. The molecule has 1 aromatic rings. The van der Waals surface area contributed by atoms with Gasteiger partial charge in [-0.15, -0.1) is 0 Å². The van der Waals surface area contributed by atoms with Gasteiger partial charge in [-0.05, 0) is 25.0 Å². The smallest absolute Gasteiger partial charge is 0.308 e. The van der Waals surface area contributed by atoms with Crippen molar-refractivity contribution in [3.8, 4) is 0 Å². The molecule has 1 aliphatic rings. The maximum absolute atomic E-state index is 12.8. The van der Waals surface area contributed by atoms with Crippen LogP contribution in [0.5, 0.6) is 0 Å². The van der Waals surface area contributed by atoms with Gasteiger partial charge < -0.3 is 10.0 Å². The third-order valence-corrected chi connectivity index (χ3v) is 6.11. The Labute approximate surface area is 141 Å². The Kier molecular flexibility index (Phi) is 5.61. The number of carboxylic acids is 1. The third kappa shape index (κ3) is 3.76. The number of aliphatic carboxylic acids is 1. The molecule has 2 atom stereocenters. The van der Waals surface area contributed by atoms with Crippen molar-refractivity contribution in [3.63, 3.8) is 0 Å². The Hall–Kier alpha value is -1.93. The van der Waals surface area contributed by atoms with Gasteiger partial charge in [-0.3, -0.25) is 9.59 Å². The largest absolute Gasteiger partial charge is 0.481 e. The predicted octanol–water partition coefficient (Wildman–Crippen LogP) is 1.02. The van der Waals surface area contributed by atoms with Gasteiger partial charge in [0.25, 0.3) is 0 Å². The van der Waals surface area contributed by atoms with E-state index >= 15 is 0 Å². The van der Waals surface area contributed by atoms with E-state index < -0.39 is 28.0 Å². The second-order valence-corrected chi connectivity index (χ2v) is 7.94. The third-order valence-electron chi connectivity index (χ3n) is 4.18. The summed E-state index contributed by atoms with van der Waals surface area (Å²) in [5, 5.41) is 8.96. The van der Waals surface area contributed by atoms with Crippen molar-refractivity contribution in [2.75, 3.05) is 20.1 Å². The van der Waals surface area contributed by atoms with Crippen LogP contribution in [0, 0.1) is 5.92 Å². The summed E-state index contributed by atoms with van der Waals surface area (Å²) in [6, 6.07) is 7.24. The summed E-state index contributed by atoms with van der Waals surface area (Å²) in [6.07, 6.45) is 1.04. The standard InChI is InChI=1S/C16H22N2O5S/c1-12(16(20)21)11-17(2)15(19)14-9-6-10-18(14)24(22,23)13-7-4-3-5-8-13/h3-5,7-8,12,14H,6,9-11H2,1-2H3,(H,20,21). The number of rotatable bonds is 6. The lowest BCUT2D eigenvalue weighted by molar-refractivity contribution is -0.143. The first kappa shape index (κ1) is 18.4. The van der Waals surface area contributed by atoms with Crippen molar-refractivity contribution in [1.29, 1.82) is 0 Å². The van der Waals surface area contributed by atoms with E-state index in [0.717, 1.165) is 0 Å². The van der Waals surface area contributed by atoms with Crippen molar-refractivity contribution >= 4 is 21.9 Å².